The summed E-state index contributed by atoms with van der Waals surface area (Å²) in [6, 6.07) is 21.5. The summed E-state index contributed by atoms with van der Waals surface area (Å²) in [5, 5.41) is 6.83. The molecule has 1 aliphatic rings. The number of nitrogens with one attached hydrogen (secondary N) is 1. The third kappa shape index (κ3) is 7.11. The maximum Gasteiger partial charge on any atom is 0.243 e. The minimum atomic E-state index is -3.52. The normalized spacial score (nSPS) is 14.0. The summed E-state index contributed by atoms with van der Waals surface area (Å²) in [6.07, 6.45) is 3.16. The van der Waals surface area contributed by atoms with Gasteiger partial charge in [-0.05, 0) is 60.9 Å². The maximum atomic E-state index is 12.8. The Morgan fingerprint density at radius 2 is 1.73 bits per heavy atom. The van der Waals surface area contributed by atoms with Gasteiger partial charge in [0.25, 0.3) is 0 Å². The zero-order valence-electron chi connectivity index (χ0n) is 22.8. The largest absolute Gasteiger partial charge is 0.493 e. The summed E-state index contributed by atoms with van der Waals surface area (Å²) >= 11 is 0. The van der Waals surface area contributed by atoms with Crippen LogP contribution in [-0.2, 0) is 27.8 Å². The number of carbonyl (C=O) groups excluding carboxylic acids is 1. The molecule has 1 aromatic heterocycles. The molecule has 0 bridgehead atoms. The molecule has 2 heterocycles. The smallest absolute Gasteiger partial charge is 0.243 e. The van der Waals surface area contributed by atoms with Crippen LogP contribution in [0.25, 0.3) is 11.4 Å². The molecule has 214 valence electrons. The van der Waals surface area contributed by atoms with E-state index in [0.717, 1.165) is 24.8 Å². The van der Waals surface area contributed by atoms with E-state index in [1.54, 1.807) is 31.4 Å². The predicted molar refractivity (Wildman–Crippen MR) is 153 cm³/mol. The number of sulfonamides is 1. The molecule has 1 aliphatic heterocycles. The van der Waals surface area contributed by atoms with Crippen LogP contribution < -0.4 is 14.8 Å². The van der Waals surface area contributed by atoms with Crippen LogP contribution in [0.4, 0.5) is 5.69 Å². The molecule has 0 spiro atoms. The number of aromatic nitrogens is 2. The van der Waals surface area contributed by atoms with Crippen molar-refractivity contribution in [2.75, 3.05) is 25.5 Å². The number of rotatable bonds is 11. The van der Waals surface area contributed by atoms with Gasteiger partial charge in [0.1, 0.15) is 6.61 Å². The molecule has 41 heavy (non-hydrogen) atoms. The lowest BCUT2D eigenvalue weighted by atomic mass is 10.2. The van der Waals surface area contributed by atoms with Gasteiger partial charge in [-0.3, -0.25) is 4.79 Å². The summed E-state index contributed by atoms with van der Waals surface area (Å²) < 4.78 is 43.9. The first-order chi connectivity index (χ1) is 19.9. The van der Waals surface area contributed by atoms with Gasteiger partial charge in [-0.1, -0.05) is 41.9 Å². The van der Waals surface area contributed by atoms with Crippen LogP contribution in [-0.4, -0.2) is 49.0 Å². The van der Waals surface area contributed by atoms with E-state index in [4.69, 9.17) is 14.0 Å². The highest BCUT2D eigenvalue weighted by atomic mass is 32.2. The van der Waals surface area contributed by atoms with Gasteiger partial charge in [-0.15, -0.1) is 0 Å². The molecular formula is C30H32N4O6S. The third-order valence-corrected chi connectivity index (χ3v) is 8.70. The summed E-state index contributed by atoms with van der Waals surface area (Å²) in [7, 11) is -1.95. The van der Waals surface area contributed by atoms with E-state index in [-0.39, 0.29) is 23.6 Å². The number of ether oxygens (including phenoxy) is 2. The van der Waals surface area contributed by atoms with Crippen molar-refractivity contribution in [3.63, 3.8) is 0 Å². The van der Waals surface area contributed by atoms with E-state index in [1.165, 1.54) is 16.4 Å². The maximum absolute atomic E-state index is 12.8. The summed E-state index contributed by atoms with van der Waals surface area (Å²) in [6.45, 7) is 1.49. The minimum Gasteiger partial charge on any atom is -0.493 e. The first-order valence-corrected chi connectivity index (χ1v) is 14.9. The Kier molecular flexibility index (Phi) is 8.95. The Hall–Kier alpha value is -4.22. The molecule has 4 aromatic rings. The number of aryl methyl sites for hydroxylation is 1. The van der Waals surface area contributed by atoms with E-state index in [0.29, 0.717) is 54.2 Å². The molecule has 1 amide bonds. The first-order valence-electron chi connectivity index (χ1n) is 13.5. The number of hydrogen-bond donors (Lipinski definition) is 1. The topological polar surface area (TPSA) is 124 Å². The lowest BCUT2D eigenvalue weighted by Gasteiger charge is -2.25. The van der Waals surface area contributed by atoms with E-state index >= 15 is 0 Å². The lowest BCUT2D eigenvalue weighted by molar-refractivity contribution is -0.116. The minimum absolute atomic E-state index is 0.116. The van der Waals surface area contributed by atoms with Crippen molar-refractivity contribution in [2.24, 2.45) is 0 Å². The van der Waals surface area contributed by atoms with E-state index < -0.39 is 10.0 Å². The SMILES string of the molecule is COc1cc(-c2noc(CCC(=O)Nc3ccc(S(=O)(=O)N4CCCCC4)cc3)n2)ccc1OCc1ccccc1. The monoisotopic (exact) mass is 576 g/mol. The number of benzene rings is 3. The van der Waals surface area contributed by atoms with Crippen molar-refractivity contribution in [3.05, 3.63) is 84.3 Å². The fourth-order valence-corrected chi connectivity index (χ4v) is 6.06. The molecule has 5 rings (SSSR count). The van der Waals surface area contributed by atoms with Gasteiger partial charge in [0.05, 0.1) is 12.0 Å². The lowest BCUT2D eigenvalue weighted by Crippen LogP contribution is -2.35. The zero-order valence-corrected chi connectivity index (χ0v) is 23.6. The average Bonchev–Trinajstić information content (AvgIpc) is 3.49. The predicted octanol–water partition coefficient (Wildman–Crippen LogP) is 5.07. The van der Waals surface area contributed by atoms with Gasteiger partial charge in [0, 0.05) is 37.2 Å². The summed E-state index contributed by atoms with van der Waals surface area (Å²) in [4.78, 5) is 17.2. The summed E-state index contributed by atoms with van der Waals surface area (Å²) in [5.74, 6) is 1.58. The van der Waals surface area contributed by atoms with Crippen LogP contribution in [0, 0.1) is 0 Å². The molecule has 1 N–H and O–H groups in total. The van der Waals surface area contributed by atoms with Gasteiger partial charge in [-0.25, -0.2) is 8.42 Å². The second-order valence-corrected chi connectivity index (χ2v) is 11.6. The summed E-state index contributed by atoms with van der Waals surface area (Å²) in [5.41, 5.74) is 2.25. The molecule has 10 nitrogen and oxygen atoms in total. The molecule has 1 saturated heterocycles. The fourth-order valence-electron chi connectivity index (χ4n) is 4.54. The number of piperidine rings is 1. The van der Waals surface area contributed by atoms with Gasteiger partial charge in [-0.2, -0.15) is 9.29 Å². The molecule has 0 unspecified atom stereocenters. The van der Waals surface area contributed by atoms with E-state index in [9.17, 15) is 13.2 Å². The highest BCUT2D eigenvalue weighted by molar-refractivity contribution is 7.89. The Morgan fingerprint density at radius 1 is 0.976 bits per heavy atom. The molecule has 1 fully saturated rings. The van der Waals surface area contributed by atoms with Crippen LogP contribution in [0.3, 0.4) is 0 Å². The van der Waals surface area contributed by atoms with Crippen LogP contribution >= 0.6 is 0 Å². The van der Waals surface area contributed by atoms with Gasteiger partial charge < -0.3 is 19.3 Å². The highest BCUT2D eigenvalue weighted by Crippen LogP contribution is 2.32. The number of amides is 1. The van der Waals surface area contributed by atoms with Gasteiger partial charge >= 0.3 is 0 Å². The van der Waals surface area contributed by atoms with Crippen molar-refractivity contribution in [1.82, 2.24) is 14.4 Å². The second-order valence-electron chi connectivity index (χ2n) is 9.69. The van der Waals surface area contributed by atoms with E-state index in [1.807, 2.05) is 36.4 Å². The van der Waals surface area contributed by atoms with E-state index in [2.05, 4.69) is 15.5 Å². The average molecular weight is 577 g/mol. The second kappa shape index (κ2) is 13.0. The Balaban J connectivity index is 1.14. The van der Waals surface area contributed by atoms with Crippen molar-refractivity contribution < 1.29 is 27.2 Å². The van der Waals surface area contributed by atoms with Crippen molar-refractivity contribution in [3.8, 4) is 22.9 Å². The highest BCUT2D eigenvalue weighted by Gasteiger charge is 2.25. The number of nitrogens with zero attached hydrogens (tertiary/aromatic N) is 3. The van der Waals surface area contributed by atoms with Gasteiger partial charge in [0.15, 0.2) is 11.5 Å². The van der Waals surface area contributed by atoms with Crippen molar-refractivity contribution in [1.29, 1.82) is 0 Å². The standard InChI is InChI=1S/C30H32N4O6S/c1-38-27-20-23(10-15-26(27)39-21-22-8-4-2-5-9-22)30-32-29(40-33-30)17-16-28(35)31-24-11-13-25(14-12-24)41(36,37)34-18-6-3-7-19-34/h2,4-5,8-15,20H,3,6-7,16-19,21H2,1H3,(H,31,35). The van der Waals surface area contributed by atoms with Crippen LogP contribution in [0.5, 0.6) is 11.5 Å². The van der Waals surface area contributed by atoms with Crippen LogP contribution in [0.2, 0.25) is 0 Å². The zero-order chi connectivity index (χ0) is 28.7. The molecule has 0 atom stereocenters. The third-order valence-electron chi connectivity index (χ3n) is 6.78. The molecule has 11 heteroatoms. The molecule has 0 saturated carbocycles. The quantitative estimate of drug-likeness (QED) is 0.263. The van der Waals surface area contributed by atoms with Crippen LogP contribution in [0.15, 0.2) is 82.2 Å². The Morgan fingerprint density at radius 3 is 2.46 bits per heavy atom. The van der Waals surface area contributed by atoms with Crippen molar-refractivity contribution in [2.45, 2.75) is 43.6 Å². The van der Waals surface area contributed by atoms with Crippen LogP contribution in [0.1, 0.15) is 37.1 Å². The Bertz CT molecular complexity index is 1570. The molecule has 3 aromatic carbocycles. The fraction of sp³-hybridized carbons (Fsp3) is 0.300. The molecular weight excluding hydrogens is 544 g/mol. The van der Waals surface area contributed by atoms with Crippen molar-refractivity contribution >= 4 is 21.6 Å². The first kappa shape index (κ1) is 28.3. The number of methoxy groups -OCH3 is 1. The number of hydrogen-bond acceptors (Lipinski definition) is 8. The van der Waals surface area contributed by atoms with Gasteiger partial charge in [0.2, 0.25) is 27.6 Å². The Labute approximate surface area is 239 Å². The number of anilines is 1. The molecule has 0 aliphatic carbocycles. The number of carbonyl (C=O) groups is 1. The molecule has 0 radical (unpaired) electrons.